The van der Waals surface area contributed by atoms with Crippen LogP contribution < -0.4 is 0 Å². The number of benzene rings is 1. The van der Waals surface area contributed by atoms with Crippen molar-refractivity contribution in [3.63, 3.8) is 0 Å². The highest BCUT2D eigenvalue weighted by Gasteiger charge is 1.83. The lowest BCUT2D eigenvalue weighted by molar-refractivity contribution is 1.23. The molecule has 14 heavy (non-hydrogen) atoms. The Hall–Kier alpha value is -1.000. The van der Waals surface area contributed by atoms with Crippen LogP contribution in [0, 0.1) is 11.8 Å². The first kappa shape index (κ1) is 11.1. The molecule has 0 aromatic heterocycles. The van der Waals surface area contributed by atoms with Gasteiger partial charge >= 0.3 is 0 Å². The summed E-state index contributed by atoms with van der Waals surface area (Å²) in [7, 11) is 0. The van der Waals surface area contributed by atoms with Crippen molar-refractivity contribution in [1.82, 2.24) is 0 Å². The minimum Gasteiger partial charge on any atom is -0.0925 e. The second-order valence-electron chi connectivity index (χ2n) is 2.98. The molecule has 0 N–H and O–H groups in total. The summed E-state index contributed by atoms with van der Waals surface area (Å²) in [4.78, 5) is 0. The number of hydrogen-bond acceptors (Lipinski definition) is 0. The molecule has 1 heteroatoms. The third-order valence-electron chi connectivity index (χ3n) is 1.74. The normalized spacial score (nSPS) is 10.6. The van der Waals surface area contributed by atoms with Gasteiger partial charge in [0.25, 0.3) is 0 Å². The van der Waals surface area contributed by atoms with Crippen molar-refractivity contribution in [2.75, 3.05) is 5.33 Å². The van der Waals surface area contributed by atoms with Gasteiger partial charge in [-0.1, -0.05) is 52.0 Å². The molecule has 0 aliphatic rings. The first-order valence-electron chi connectivity index (χ1n) is 4.62. The van der Waals surface area contributed by atoms with E-state index in [1.54, 1.807) is 0 Å². The van der Waals surface area contributed by atoms with Gasteiger partial charge in [-0.25, -0.2) is 0 Å². The summed E-state index contributed by atoms with van der Waals surface area (Å²) in [6.07, 6.45) is 3.18. The molecule has 1 rings (SSSR count). The largest absolute Gasteiger partial charge is 0.0925 e. The fourth-order valence-corrected chi connectivity index (χ4v) is 1.24. The first-order valence-corrected chi connectivity index (χ1v) is 5.75. The van der Waals surface area contributed by atoms with Gasteiger partial charge in [0.15, 0.2) is 0 Å². The van der Waals surface area contributed by atoms with Gasteiger partial charge in [0, 0.05) is 10.9 Å². The summed E-state index contributed by atoms with van der Waals surface area (Å²) >= 11 is 3.38. The molecular weight excluding hydrogens is 236 g/mol. The topological polar surface area (TPSA) is 0 Å². The Morgan fingerprint density at radius 2 is 2.07 bits per heavy atom. The van der Waals surface area contributed by atoms with Crippen molar-refractivity contribution in [3.05, 3.63) is 47.5 Å². The van der Waals surface area contributed by atoms with Crippen LogP contribution in [0.4, 0.5) is 0 Å². The van der Waals surface area contributed by atoms with Crippen LogP contribution >= 0.6 is 15.9 Å². The van der Waals surface area contributed by atoms with E-state index in [0.717, 1.165) is 22.9 Å². The predicted octanol–water partition coefficient (Wildman–Crippen LogP) is 3.77. The number of halogens is 1. The van der Waals surface area contributed by atoms with Crippen molar-refractivity contribution in [2.45, 2.75) is 13.3 Å². The van der Waals surface area contributed by atoms with Crippen LogP contribution in [0.5, 0.6) is 0 Å². The first-order chi connectivity index (χ1) is 6.83. The van der Waals surface area contributed by atoms with E-state index < -0.39 is 0 Å². The van der Waals surface area contributed by atoms with Crippen LogP contribution in [-0.2, 0) is 0 Å². The zero-order chi connectivity index (χ0) is 10.2. The Morgan fingerprint density at radius 3 is 2.71 bits per heavy atom. The highest BCUT2D eigenvalue weighted by Crippen LogP contribution is 1.99. The van der Waals surface area contributed by atoms with Gasteiger partial charge in [-0.3, -0.25) is 0 Å². The van der Waals surface area contributed by atoms with Gasteiger partial charge in [-0.05, 0) is 31.1 Å². The van der Waals surface area contributed by atoms with Crippen molar-refractivity contribution in [2.24, 2.45) is 0 Å². The van der Waals surface area contributed by atoms with E-state index in [9.17, 15) is 0 Å². The lowest BCUT2D eigenvalue weighted by atomic mass is 10.2. The fraction of sp³-hybridized carbons (Fsp3) is 0.231. The Balaban J connectivity index is 2.64. The predicted molar refractivity (Wildman–Crippen MR) is 65.5 cm³/mol. The molecule has 0 radical (unpaired) electrons. The summed E-state index contributed by atoms with van der Waals surface area (Å²) in [5.74, 6) is 6.24. The minimum atomic E-state index is 0.997. The van der Waals surface area contributed by atoms with E-state index in [1.165, 1.54) is 0 Å². The molecule has 0 fully saturated rings. The van der Waals surface area contributed by atoms with Gasteiger partial charge in [0.2, 0.25) is 0 Å². The third kappa shape index (κ3) is 4.30. The third-order valence-corrected chi connectivity index (χ3v) is 2.20. The van der Waals surface area contributed by atoms with Crippen molar-refractivity contribution >= 4 is 15.9 Å². The van der Waals surface area contributed by atoms with Crippen molar-refractivity contribution in [1.29, 1.82) is 0 Å². The molecule has 0 aliphatic carbocycles. The highest BCUT2D eigenvalue weighted by atomic mass is 79.9. The summed E-state index contributed by atoms with van der Waals surface area (Å²) in [6, 6.07) is 10.0. The molecule has 0 saturated heterocycles. The maximum atomic E-state index is 3.38. The number of rotatable bonds is 2. The highest BCUT2D eigenvalue weighted by molar-refractivity contribution is 9.09. The Morgan fingerprint density at radius 1 is 1.36 bits per heavy atom. The van der Waals surface area contributed by atoms with E-state index in [-0.39, 0.29) is 0 Å². The Kier molecular flexibility index (Phi) is 5.11. The molecule has 0 spiro atoms. The Labute approximate surface area is 94.2 Å². The average Bonchev–Trinajstić information content (AvgIpc) is 2.25. The molecular formula is C13H13Br. The maximum absolute atomic E-state index is 3.38. The van der Waals surface area contributed by atoms with Crippen LogP contribution in [-0.4, -0.2) is 5.33 Å². The molecule has 0 heterocycles. The van der Waals surface area contributed by atoms with E-state index in [2.05, 4.69) is 33.8 Å². The maximum Gasteiger partial charge on any atom is 0.0248 e. The van der Waals surface area contributed by atoms with Gasteiger partial charge in [-0.15, -0.1) is 0 Å². The van der Waals surface area contributed by atoms with Crippen LogP contribution in [0.25, 0.3) is 0 Å². The molecule has 1 aromatic carbocycles. The Bertz CT molecular complexity index is 352. The fourth-order valence-electron chi connectivity index (χ4n) is 1.01. The quantitative estimate of drug-likeness (QED) is 0.553. The lowest BCUT2D eigenvalue weighted by Gasteiger charge is -1.88. The number of hydrogen-bond donors (Lipinski definition) is 0. The van der Waals surface area contributed by atoms with Gasteiger partial charge < -0.3 is 0 Å². The second kappa shape index (κ2) is 6.45. The summed E-state index contributed by atoms with van der Waals surface area (Å²) in [5.41, 5.74) is 2.20. The van der Waals surface area contributed by atoms with E-state index in [4.69, 9.17) is 0 Å². The second-order valence-corrected chi connectivity index (χ2v) is 3.77. The molecule has 1 aromatic rings. The number of alkyl halides is 1. The molecule has 0 unspecified atom stereocenters. The minimum absolute atomic E-state index is 0.997. The lowest BCUT2D eigenvalue weighted by Crippen LogP contribution is -1.74. The van der Waals surface area contributed by atoms with E-state index >= 15 is 0 Å². The van der Waals surface area contributed by atoms with Crippen LogP contribution in [0.3, 0.4) is 0 Å². The monoisotopic (exact) mass is 248 g/mol. The smallest absolute Gasteiger partial charge is 0.0248 e. The molecule has 0 amide bonds. The van der Waals surface area contributed by atoms with Crippen molar-refractivity contribution in [3.8, 4) is 11.8 Å². The standard InChI is InChI=1S/C13H13Br/c1-12(6-5-11-14)9-10-13-7-3-2-4-8-13/h2-4,6-8H,5,11H2,1H3/b12-6-. The summed E-state index contributed by atoms with van der Waals surface area (Å²) < 4.78 is 0. The summed E-state index contributed by atoms with van der Waals surface area (Å²) in [6.45, 7) is 2.04. The molecule has 0 bridgehead atoms. The molecule has 0 aliphatic heterocycles. The van der Waals surface area contributed by atoms with Crippen LogP contribution in [0.1, 0.15) is 18.9 Å². The molecule has 0 atom stereocenters. The average molecular weight is 249 g/mol. The molecule has 72 valence electrons. The van der Waals surface area contributed by atoms with Crippen LogP contribution in [0.15, 0.2) is 42.0 Å². The van der Waals surface area contributed by atoms with E-state index in [0.29, 0.717) is 0 Å². The van der Waals surface area contributed by atoms with Gasteiger partial charge in [0.05, 0.1) is 0 Å². The van der Waals surface area contributed by atoms with Crippen LogP contribution in [0.2, 0.25) is 0 Å². The molecule has 0 saturated carbocycles. The SMILES string of the molecule is C/C(C#Cc1ccccc1)=C/CCBr. The van der Waals surface area contributed by atoms with Crippen molar-refractivity contribution < 1.29 is 0 Å². The molecule has 0 nitrogen and oxygen atoms in total. The zero-order valence-corrected chi connectivity index (χ0v) is 9.84. The van der Waals surface area contributed by atoms with Gasteiger partial charge in [0.1, 0.15) is 0 Å². The summed E-state index contributed by atoms with van der Waals surface area (Å²) in [5, 5.41) is 0.997. The van der Waals surface area contributed by atoms with E-state index in [1.807, 2.05) is 37.3 Å². The number of allylic oxidation sites excluding steroid dienone is 2. The van der Waals surface area contributed by atoms with Gasteiger partial charge in [-0.2, -0.15) is 0 Å². The zero-order valence-electron chi connectivity index (χ0n) is 8.26.